The summed E-state index contributed by atoms with van der Waals surface area (Å²) in [5.74, 6) is 0.0302. The number of methoxy groups -OCH3 is 1. The summed E-state index contributed by atoms with van der Waals surface area (Å²) in [6.45, 7) is 4.69. The van der Waals surface area contributed by atoms with Gasteiger partial charge in [-0.3, -0.25) is 15.0 Å². The summed E-state index contributed by atoms with van der Waals surface area (Å²) in [5, 5.41) is 14.4. The highest BCUT2D eigenvalue weighted by molar-refractivity contribution is 5.87. The van der Waals surface area contributed by atoms with Crippen LogP contribution in [0.2, 0.25) is 0 Å². The Morgan fingerprint density at radius 1 is 1.00 bits per heavy atom. The molecule has 7 nitrogen and oxygen atoms in total. The molecule has 1 saturated heterocycles. The number of H-pyrrole nitrogens is 1. The normalized spacial score (nSPS) is 20.1. The van der Waals surface area contributed by atoms with Gasteiger partial charge >= 0.3 is 5.97 Å². The minimum Gasteiger partial charge on any atom is -0.496 e. The molecule has 7 heteroatoms. The number of nitrogens with one attached hydrogen (secondary N) is 2. The van der Waals surface area contributed by atoms with Crippen molar-refractivity contribution in [1.82, 2.24) is 15.2 Å². The first-order valence-electron chi connectivity index (χ1n) is 12.9. The van der Waals surface area contributed by atoms with Gasteiger partial charge in [0, 0.05) is 67.0 Å². The van der Waals surface area contributed by atoms with Crippen molar-refractivity contribution in [3.05, 3.63) is 95.2 Å². The molecule has 190 valence electrons. The quantitative estimate of drug-likeness (QED) is 0.372. The molecule has 1 aromatic heterocycles. The van der Waals surface area contributed by atoms with E-state index in [2.05, 4.69) is 68.6 Å². The van der Waals surface area contributed by atoms with Gasteiger partial charge in [-0.2, -0.15) is 0 Å². The summed E-state index contributed by atoms with van der Waals surface area (Å²) in [4.78, 5) is 20.5. The van der Waals surface area contributed by atoms with E-state index in [9.17, 15) is 9.90 Å². The molecule has 2 aliphatic rings. The van der Waals surface area contributed by atoms with E-state index in [1.807, 2.05) is 24.3 Å². The average Bonchev–Trinajstić information content (AvgIpc) is 3.32. The van der Waals surface area contributed by atoms with E-state index in [1.54, 1.807) is 7.11 Å². The molecule has 6 rings (SSSR count). The minimum atomic E-state index is -0.828. The number of nitrogens with zero attached hydrogens (tertiary/aromatic N) is 2. The van der Waals surface area contributed by atoms with Gasteiger partial charge in [0.25, 0.3) is 0 Å². The molecule has 0 radical (unpaired) electrons. The maximum atomic E-state index is 12.1. The van der Waals surface area contributed by atoms with Crippen LogP contribution >= 0.6 is 0 Å². The Hall–Kier alpha value is -3.81. The largest absolute Gasteiger partial charge is 0.496 e. The Labute approximate surface area is 216 Å². The maximum Gasteiger partial charge on any atom is 0.321 e. The number of fused-ring (bicyclic) bond motifs is 3. The molecule has 37 heavy (non-hydrogen) atoms. The first-order valence-corrected chi connectivity index (χ1v) is 12.9. The molecule has 0 amide bonds. The van der Waals surface area contributed by atoms with Crippen LogP contribution in [0, 0.1) is 0 Å². The number of rotatable bonds is 6. The molecule has 0 aliphatic carbocycles. The predicted molar refractivity (Wildman–Crippen MR) is 145 cm³/mol. The zero-order valence-electron chi connectivity index (χ0n) is 21.0. The van der Waals surface area contributed by atoms with Gasteiger partial charge in [-0.25, -0.2) is 0 Å². The molecular formula is C30H32N4O3. The Morgan fingerprint density at radius 2 is 1.76 bits per heavy atom. The number of para-hydroxylation sites is 2. The Kier molecular flexibility index (Phi) is 6.32. The summed E-state index contributed by atoms with van der Waals surface area (Å²) in [6, 6.07) is 24.1. The van der Waals surface area contributed by atoms with Crippen molar-refractivity contribution in [2.75, 3.05) is 38.2 Å². The molecule has 3 N–H and O–H groups in total. The summed E-state index contributed by atoms with van der Waals surface area (Å²) < 4.78 is 5.74. The number of aromatic nitrogens is 1. The number of piperazine rings is 1. The van der Waals surface area contributed by atoms with Crippen LogP contribution in [0.1, 0.15) is 28.4 Å². The maximum absolute atomic E-state index is 12.1. The number of carboxylic acids is 1. The van der Waals surface area contributed by atoms with E-state index < -0.39 is 12.0 Å². The lowest BCUT2D eigenvalue weighted by molar-refractivity contribution is -0.139. The van der Waals surface area contributed by atoms with Crippen LogP contribution in [0.25, 0.3) is 10.9 Å². The molecule has 3 aromatic carbocycles. The molecule has 2 aliphatic heterocycles. The minimum absolute atomic E-state index is 0.239. The van der Waals surface area contributed by atoms with E-state index in [1.165, 1.54) is 5.69 Å². The number of ether oxygens (including phenoxy) is 1. The van der Waals surface area contributed by atoms with Crippen LogP contribution in [-0.2, 0) is 17.8 Å². The monoisotopic (exact) mass is 496 g/mol. The lowest BCUT2D eigenvalue weighted by Crippen LogP contribution is -2.46. The van der Waals surface area contributed by atoms with Crippen LogP contribution in [-0.4, -0.2) is 60.3 Å². The Balaban J connectivity index is 1.27. The Bertz CT molecular complexity index is 1410. The second kappa shape index (κ2) is 9.92. The van der Waals surface area contributed by atoms with Gasteiger partial charge in [0.2, 0.25) is 0 Å². The van der Waals surface area contributed by atoms with Gasteiger partial charge in [-0.1, -0.05) is 42.5 Å². The number of benzene rings is 3. The molecule has 1 fully saturated rings. The van der Waals surface area contributed by atoms with Crippen molar-refractivity contribution in [1.29, 1.82) is 0 Å². The smallest absolute Gasteiger partial charge is 0.321 e. The Morgan fingerprint density at radius 3 is 2.51 bits per heavy atom. The van der Waals surface area contributed by atoms with Crippen molar-refractivity contribution in [3.8, 4) is 5.75 Å². The fourth-order valence-electron chi connectivity index (χ4n) is 5.80. The highest BCUT2D eigenvalue weighted by atomic mass is 16.5. The second-order valence-electron chi connectivity index (χ2n) is 9.93. The number of anilines is 1. The SMILES string of the molecule is COc1ccc([C@H]2N[C@@H](C(=O)O)Cc3c2[nH]c2ccccc32)cc1CN1CCN(c2ccccc2)CC1. The predicted octanol–water partition coefficient (Wildman–Crippen LogP) is 4.19. The van der Waals surface area contributed by atoms with Crippen LogP contribution in [0.3, 0.4) is 0 Å². The summed E-state index contributed by atoms with van der Waals surface area (Å²) in [5.41, 5.74) is 6.59. The molecular weight excluding hydrogens is 464 g/mol. The number of carboxylic acid groups (broad SMARTS) is 1. The number of hydrogen-bond donors (Lipinski definition) is 3. The molecule has 4 aromatic rings. The lowest BCUT2D eigenvalue weighted by Gasteiger charge is -2.36. The number of carbonyl (C=O) groups is 1. The van der Waals surface area contributed by atoms with Crippen LogP contribution in [0.4, 0.5) is 5.69 Å². The van der Waals surface area contributed by atoms with E-state index >= 15 is 0 Å². The average molecular weight is 497 g/mol. The third-order valence-corrected chi connectivity index (χ3v) is 7.73. The van der Waals surface area contributed by atoms with Crippen LogP contribution < -0.4 is 15.0 Å². The fourth-order valence-corrected chi connectivity index (χ4v) is 5.80. The summed E-state index contributed by atoms with van der Waals surface area (Å²) in [7, 11) is 1.71. The number of aliphatic carboxylic acids is 1. The van der Waals surface area contributed by atoms with Crippen molar-refractivity contribution >= 4 is 22.6 Å². The highest BCUT2D eigenvalue weighted by Crippen LogP contribution is 2.37. The molecule has 0 unspecified atom stereocenters. The van der Waals surface area contributed by atoms with Gasteiger partial charge < -0.3 is 19.7 Å². The van der Waals surface area contributed by atoms with Gasteiger partial charge in [0.15, 0.2) is 0 Å². The van der Waals surface area contributed by atoms with Gasteiger partial charge in [0.1, 0.15) is 11.8 Å². The first-order chi connectivity index (χ1) is 18.1. The second-order valence-corrected chi connectivity index (χ2v) is 9.93. The number of aromatic amines is 1. The first kappa shape index (κ1) is 23.6. The topological polar surface area (TPSA) is 80.8 Å². The third-order valence-electron chi connectivity index (χ3n) is 7.73. The van der Waals surface area contributed by atoms with E-state index in [-0.39, 0.29) is 6.04 Å². The summed E-state index contributed by atoms with van der Waals surface area (Å²) in [6.07, 6.45) is 0.458. The molecule has 3 heterocycles. The van der Waals surface area contributed by atoms with Crippen molar-refractivity contribution in [2.24, 2.45) is 0 Å². The summed E-state index contributed by atoms with van der Waals surface area (Å²) >= 11 is 0. The van der Waals surface area contributed by atoms with E-state index in [0.717, 1.165) is 71.8 Å². The van der Waals surface area contributed by atoms with Crippen molar-refractivity contribution < 1.29 is 14.6 Å². The zero-order valence-corrected chi connectivity index (χ0v) is 21.0. The highest BCUT2D eigenvalue weighted by Gasteiger charge is 2.34. The fraction of sp³-hybridized carbons (Fsp3) is 0.300. The number of hydrogen-bond acceptors (Lipinski definition) is 5. The van der Waals surface area contributed by atoms with Crippen LogP contribution in [0.5, 0.6) is 5.75 Å². The molecule has 0 bridgehead atoms. The van der Waals surface area contributed by atoms with Crippen molar-refractivity contribution in [3.63, 3.8) is 0 Å². The third kappa shape index (κ3) is 4.56. The molecule has 0 saturated carbocycles. The van der Waals surface area contributed by atoms with Crippen molar-refractivity contribution in [2.45, 2.75) is 25.0 Å². The molecule has 2 atom stereocenters. The van der Waals surface area contributed by atoms with Gasteiger partial charge in [-0.15, -0.1) is 0 Å². The zero-order chi connectivity index (χ0) is 25.4. The van der Waals surface area contributed by atoms with Gasteiger partial charge in [-0.05, 0) is 41.5 Å². The van der Waals surface area contributed by atoms with Crippen LogP contribution in [0.15, 0.2) is 72.8 Å². The lowest BCUT2D eigenvalue weighted by atomic mass is 9.89. The van der Waals surface area contributed by atoms with E-state index in [0.29, 0.717) is 6.42 Å². The molecule has 0 spiro atoms. The van der Waals surface area contributed by atoms with E-state index in [4.69, 9.17) is 4.74 Å². The van der Waals surface area contributed by atoms with Gasteiger partial charge in [0.05, 0.1) is 13.2 Å². The standard InChI is InChI=1S/C30H32N4O3/c1-37-27-12-11-20(17-21(27)19-33-13-15-34(16-14-33)22-7-3-2-4-8-22)28-29-24(18-26(32-28)30(35)36)23-9-5-6-10-25(23)31-29/h2-12,17,26,28,31-32H,13-16,18-19H2,1H3,(H,35,36)/t26-,28-/m1/s1.